The standard InChI is InChI=1S/C10H17N3O2/c1-12-9(14)4-5-13-10(15)7-2-3-8(11)6-7/h2-3,7-8H,4-6,11H2,1H3,(H,12,14)(H,13,15). The molecular formula is C10H17N3O2. The zero-order chi connectivity index (χ0) is 11.3. The highest BCUT2D eigenvalue weighted by Crippen LogP contribution is 2.15. The first-order valence-corrected chi connectivity index (χ1v) is 5.05. The minimum atomic E-state index is -0.135. The summed E-state index contributed by atoms with van der Waals surface area (Å²) in [6, 6.07) is -0.0142. The van der Waals surface area contributed by atoms with Crippen LogP contribution in [0.5, 0.6) is 0 Å². The Morgan fingerprint density at radius 1 is 1.47 bits per heavy atom. The van der Waals surface area contributed by atoms with Gasteiger partial charge in [-0.05, 0) is 6.42 Å². The van der Waals surface area contributed by atoms with Crippen molar-refractivity contribution in [2.24, 2.45) is 11.7 Å². The van der Waals surface area contributed by atoms with Crippen molar-refractivity contribution in [1.82, 2.24) is 10.6 Å². The molecule has 84 valence electrons. The van der Waals surface area contributed by atoms with Crippen molar-refractivity contribution >= 4 is 11.8 Å². The van der Waals surface area contributed by atoms with Crippen molar-refractivity contribution in [3.05, 3.63) is 12.2 Å². The second-order valence-electron chi connectivity index (χ2n) is 3.61. The van der Waals surface area contributed by atoms with Gasteiger partial charge in [0.25, 0.3) is 0 Å². The average Bonchev–Trinajstić information content (AvgIpc) is 2.64. The van der Waals surface area contributed by atoms with E-state index < -0.39 is 0 Å². The van der Waals surface area contributed by atoms with E-state index in [1.807, 2.05) is 12.2 Å². The monoisotopic (exact) mass is 211 g/mol. The van der Waals surface area contributed by atoms with Gasteiger partial charge in [0.2, 0.25) is 11.8 Å². The van der Waals surface area contributed by atoms with Gasteiger partial charge in [-0.1, -0.05) is 12.2 Å². The van der Waals surface area contributed by atoms with Crippen molar-refractivity contribution in [1.29, 1.82) is 0 Å². The fourth-order valence-corrected chi connectivity index (χ4v) is 1.48. The van der Waals surface area contributed by atoms with E-state index in [0.717, 1.165) is 0 Å². The molecule has 0 radical (unpaired) electrons. The first-order valence-electron chi connectivity index (χ1n) is 5.05. The van der Waals surface area contributed by atoms with Crippen molar-refractivity contribution in [2.45, 2.75) is 18.9 Å². The van der Waals surface area contributed by atoms with Crippen LogP contribution in [0, 0.1) is 5.92 Å². The van der Waals surface area contributed by atoms with E-state index in [1.54, 1.807) is 7.05 Å². The van der Waals surface area contributed by atoms with Gasteiger partial charge < -0.3 is 16.4 Å². The van der Waals surface area contributed by atoms with Crippen LogP contribution in [0.25, 0.3) is 0 Å². The third-order valence-electron chi connectivity index (χ3n) is 2.38. The fraction of sp³-hybridized carbons (Fsp3) is 0.600. The Bertz CT molecular complexity index is 276. The third-order valence-corrected chi connectivity index (χ3v) is 2.38. The lowest BCUT2D eigenvalue weighted by Crippen LogP contribution is -2.33. The number of amides is 2. The Morgan fingerprint density at radius 3 is 2.73 bits per heavy atom. The molecule has 1 rings (SSSR count). The molecule has 0 bridgehead atoms. The highest BCUT2D eigenvalue weighted by Gasteiger charge is 2.22. The summed E-state index contributed by atoms with van der Waals surface area (Å²) >= 11 is 0. The van der Waals surface area contributed by atoms with E-state index >= 15 is 0 Å². The SMILES string of the molecule is CNC(=O)CCNC(=O)C1C=CC(N)C1. The number of rotatable bonds is 4. The predicted molar refractivity (Wildman–Crippen MR) is 56.9 cm³/mol. The summed E-state index contributed by atoms with van der Waals surface area (Å²) in [6.07, 6.45) is 4.62. The van der Waals surface area contributed by atoms with Crippen LogP contribution in [0.2, 0.25) is 0 Å². The topological polar surface area (TPSA) is 84.2 Å². The molecule has 4 N–H and O–H groups in total. The van der Waals surface area contributed by atoms with Crippen LogP contribution in [0.4, 0.5) is 0 Å². The quantitative estimate of drug-likeness (QED) is 0.529. The van der Waals surface area contributed by atoms with Gasteiger partial charge in [-0.25, -0.2) is 0 Å². The van der Waals surface area contributed by atoms with Crippen LogP contribution < -0.4 is 16.4 Å². The summed E-state index contributed by atoms with van der Waals surface area (Å²) in [4.78, 5) is 22.4. The van der Waals surface area contributed by atoms with Crippen molar-refractivity contribution < 1.29 is 9.59 Å². The Kier molecular flexibility index (Phi) is 4.30. The lowest BCUT2D eigenvalue weighted by molar-refractivity contribution is -0.124. The molecule has 0 aromatic heterocycles. The van der Waals surface area contributed by atoms with Gasteiger partial charge in [0.1, 0.15) is 0 Å². The summed E-state index contributed by atoms with van der Waals surface area (Å²) in [5, 5.41) is 5.19. The fourth-order valence-electron chi connectivity index (χ4n) is 1.48. The maximum absolute atomic E-state index is 11.5. The number of hydrogen-bond acceptors (Lipinski definition) is 3. The lowest BCUT2D eigenvalue weighted by atomic mass is 10.1. The number of carbonyl (C=O) groups is 2. The van der Waals surface area contributed by atoms with Crippen molar-refractivity contribution in [3.63, 3.8) is 0 Å². The molecule has 15 heavy (non-hydrogen) atoms. The van der Waals surface area contributed by atoms with Gasteiger partial charge in [0, 0.05) is 26.1 Å². The second kappa shape index (κ2) is 5.50. The summed E-state index contributed by atoms with van der Waals surface area (Å²) < 4.78 is 0. The van der Waals surface area contributed by atoms with E-state index in [0.29, 0.717) is 19.4 Å². The van der Waals surface area contributed by atoms with Gasteiger partial charge in [0.15, 0.2) is 0 Å². The summed E-state index contributed by atoms with van der Waals surface area (Å²) in [6.45, 7) is 0.373. The number of hydrogen-bond donors (Lipinski definition) is 3. The predicted octanol–water partition coefficient (Wildman–Crippen LogP) is -0.858. The molecule has 5 nitrogen and oxygen atoms in total. The Morgan fingerprint density at radius 2 is 2.20 bits per heavy atom. The smallest absolute Gasteiger partial charge is 0.227 e. The normalized spacial score (nSPS) is 23.9. The number of nitrogens with one attached hydrogen (secondary N) is 2. The van der Waals surface area contributed by atoms with E-state index in [2.05, 4.69) is 10.6 Å². The molecule has 0 fully saturated rings. The molecule has 0 saturated carbocycles. The highest BCUT2D eigenvalue weighted by molar-refractivity contribution is 5.82. The molecular weight excluding hydrogens is 194 g/mol. The first-order chi connectivity index (χ1) is 7.13. The molecule has 0 aromatic rings. The molecule has 0 aromatic carbocycles. The van der Waals surface area contributed by atoms with Crippen molar-refractivity contribution in [2.75, 3.05) is 13.6 Å². The van der Waals surface area contributed by atoms with Crippen LogP contribution in [-0.2, 0) is 9.59 Å². The number of nitrogens with two attached hydrogens (primary N) is 1. The molecule has 0 spiro atoms. The van der Waals surface area contributed by atoms with Crippen LogP contribution in [0.3, 0.4) is 0 Å². The van der Waals surface area contributed by atoms with Crippen LogP contribution >= 0.6 is 0 Å². The number of carbonyl (C=O) groups excluding carboxylic acids is 2. The summed E-state index contributed by atoms with van der Waals surface area (Å²) in [5.41, 5.74) is 5.63. The Balaban J connectivity index is 2.19. The Hall–Kier alpha value is -1.36. The zero-order valence-electron chi connectivity index (χ0n) is 8.82. The van der Waals surface area contributed by atoms with Crippen molar-refractivity contribution in [3.8, 4) is 0 Å². The minimum Gasteiger partial charge on any atom is -0.359 e. The van der Waals surface area contributed by atoms with Crippen LogP contribution in [0.15, 0.2) is 12.2 Å². The van der Waals surface area contributed by atoms with Crippen LogP contribution in [0.1, 0.15) is 12.8 Å². The summed E-state index contributed by atoms with van der Waals surface area (Å²) in [5.74, 6) is -0.262. The molecule has 2 unspecified atom stereocenters. The molecule has 0 aliphatic heterocycles. The molecule has 1 aliphatic rings. The van der Waals surface area contributed by atoms with Gasteiger partial charge in [-0.3, -0.25) is 9.59 Å². The third kappa shape index (κ3) is 3.71. The van der Waals surface area contributed by atoms with Gasteiger partial charge >= 0.3 is 0 Å². The van der Waals surface area contributed by atoms with Gasteiger partial charge in [-0.2, -0.15) is 0 Å². The Labute approximate surface area is 89.1 Å². The van der Waals surface area contributed by atoms with Gasteiger partial charge in [0.05, 0.1) is 5.92 Å². The largest absolute Gasteiger partial charge is 0.359 e. The molecule has 2 atom stereocenters. The molecule has 1 aliphatic carbocycles. The highest BCUT2D eigenvalue weighted by atomic mass is 16.2. The van der Waals surface area contributed by atoms with Gasteiger partial charge in [-0.15, -0.1) is 0 Å². The van der Waals surface area contributed by atoms with E-state index in [-0.39, 0.29) is 23.8 Å². The maximum atomic E-state index is 11.5. The molecule has 0 heterocycles. The molecule has 2 amide bonds. The van der Waals surface area contributed by atoms with E-state index in [9.17, 15) is 9.59 Å². The summed E-state index contributed by atoms with van der Waals surface area (Å²) in [7, 11) is 1.57. The maximum Gasteiger partial charge on any atom is 0.227 e. The first kappa shape index (κ1) is 11.7. The second-order valence-corrected chi connectivity index (χ2v) is 3.61. The van der Waals surface area contributed by atoms with E-state index in [1.165, 1.54) is 0 Å². The average molecular weight is 211 g/mol. The minimum absolute atomic E-state index is 0.0142. The van der Waals surface area contributed by atoms with E-state index in [4.69, 9.17) is 5.73 Å². The lowest BCUT2D eigenvalue weighted by Gasteiger charge is -2.09. The zero-order valence-corrected chi connectivity index (χ0v) is 8.82. The van der Waals surface area contributed by atoms with Crippen LogP contribution in [-0.4, -0.2) is 31.4 Å². The molecule has 0 saturated heterocycles. The molecule has 5 heteroatoms.